The number of ether oxygens (including phenoxy) is 2. The fourth-order valence-corrected chi connectivity index (χ4v) is 2.61. The first-order valence-electron chi connectivity index (χ1n) is 7.62. The van der Waals surface area contributed by atoms with Crippen LogP contribution in [0.3, 0.4) is 0 Å². The van der Waals surface area contributed by atoms with Crippen molar-refractivity contribution in [3.63, 3.8) is 0 Å². The number of hydrogen-bond acceptors (Lipinski definition) is 4. The van der Waals surface area contributed by atoms with Crippen molar-refractivity contribution in [3.8, 4) is 22.8 Å². The Kier molecular flexibility index (Phi) is 3.65. The Morgan fingerprint density at radius 2 is 1.78 bits per heavy atom. The quantitative estimate of drug-likeness (QED) is 0.804. The summed E-state index contributed by atoms with van der Waals surface area (Å²) in [7, 11) is 0. The van der Waals surface area contributed by atoms with Crippen molar-refractivity contribution in [1.82, 2.24) is 15.2 Å². The number of hydrogen-bond donors (Lipinski definition) is 1. The minimum Gasteiger partial charge on any atom is -0.346 e. The summed E-state index contributed by atoms with van der Waals surface area (Å²) in [5.41, 5.74) is 4.17. The lowest BCUT2D eigenvalue weighted by Crippen LogP contribution is -1.98. The van der Waals surface area contributed by atoms with Crippen LogP contribution in [0.15, 0.2) is 48.5 Å². The standard InChI is InChI=1S/C18H17N3O2/c1-12-5-7-13(8-6-12)16-19-17(21-20-16)14-3-2-4-15(11-14)18-22-9-10-23-18/h2-8,11,18H,9-10H2,1H3,(H,19,20,21). The molecule has 0 radical (unpaired) electrons. The molecule has 3 aromatic rings. The highest BCUT2D eigenvalue weighted by Gasteiger charge is 2.19. The fourth-order valence-electron chi connectivity index (χ4n) is 2.61. The molecule has 2 aromatic carbocycles. The monoisotopic (exact) mass is 307 g/mol. The summed E-state index contributed by atoms with van der Waals surface area (Å²) >= 11 is 0. The van der Waals surface area contributed by atoms with Crippen molar-refractivity contribution in [2.75, 3.05) is 13.2 Å². The van der Waals surface area contributed by atoms with Gasteiger partial charge in [-0.25, -0.2) is 4.98 Å². The van der Waals surface area contributed by atoms with Crippen LogP contribution in [0.1, 0.15) is 17.4 Å². The van der Waals surface area contributed by atoms with Gasteiger partial charge in [-0.15, -0.1) is 0 Å². The molecule has 0 bridgehead atoms. The summed E-state index contributed by atoms with van der Waals surface area (Å²) < 4.78 is 11.1. The summed E-state index contributed by atoms with van der Waals surface area (Å²) in [4.78, 5) is 4.60. The lowest BCUT2D eigenvalue weighted by molar-refractivity contribution is -0.0440. The largest absolute Gasteiger partial charge is 0.346 e. The van der Waals surface area contributed by atoms with Crippen molar-refractivity contribution in [1.29, 1.82) is 0 Å². The topological polar surface area (TPSA) is 60.0 Å². The average Bonchev–Trinajstić information content (AvgIpc) is 3.28. The maximum Gasteiger partial charge on any atom is 0.184 e. The van der Waals surface area contributed by atoms with Gasteiger partial charge >= 0.3 is 0 Å². The lowest BCUT2D eigenvalue weighted by Gasteiger charge is -2.09. The highest BCUT2D eigenvalue weighted by molar-refractivity contribution is 5.61. The minimum atomic E-state index is -0.287. The fraction of sp³-hybridized carbons (Fsp3) is 0.222. The number of aromatic nitrogens is 3. The van der Waals surface area contributed by atoms with Gasteiger partial charge in [0, 0.05) is 16.7 Å². The second kappa shape index (κ2) is 5.95. The Bertz CT molecular complexity index is 805. The van der Waals surface area contributed by atoms with Crippen LogP contribution in [0, 0.1) is 6.92 Å². The SMILES string of the molecule is Cc1ccc(-c2nc(-c3cccc(C4OCCO4)c3)n[nH]2)cc1. The molecule has 0 atom stereocenters. The summed E-state index contributed by atoms with van der Waals surface area (Å²) in [5.74, 6) is 1.43. The molecule has 1 saturated heterocycles. The van der Waals surface area contributed by atoms with Crippen LogP contribution in [-0.2, 0) is 9.47 Å². The van der Waals surface area contributed by atoms with E-state index in [-0.39, 0.29) is 6.29 Å². The van der Waals surface area contributed by atoms with Crippen LogP contribution in [0.5, 0.6) is 0 Å². The third-order valence-corrected chi connectivity index (χ3v) is 3.85. The van der Waals surface area contributed by atoms with Gasteiger partial charge in [0.05, 0.1) is 13.2 Å². The molecule has 1 aliphatic rings. The Morgan fingerprint density at radius 3 is 2.57 bits per heavy atom. The smallest absolute Gasteiger partial charge is 0.184 e. The molecule has 4 rings (SSSR count). The first kappa shape index (κ1) is 14.1. The zero-order chi connectivity index (χ0) is 15.6. The molecule has 23 heavy (non-hydrogen) atoms. The molecule has 0 unspecified atom stereocenters. The van der Waals surface area contributed by atoms with Gasteiger partial charge in [0.25, 0.3) is 0 Å². The highest BCUT2D eigenvalue weighted by atomic mass is 16.7. The van der Waals surface area contributed by atoms with E-state index in [1.165, 1.54) is 5.56 Å². The van der Waals surface area contributed by atoms with Gasteiger partial charge in [-0.3, -0.25) is 5.10 Å². The van der Waals surface area contributed by atoms with E-state index in [0.29, 0.717) is 19.0 Å². The zero-order valence-corrected chi connectivity index (χ0v) is 12.8. The molecule has 2 heterocycles. The molecule has 1 N–H and O–H groups in total. The maximum absolute atomic E-state index is 5.54. The van der Waals surface area contributed by atoms with Crippen LogP contribution in [0.25, 0.3) is 22.8 Å². The third-order valence-electron chi connectivity index (χ3n) is 3.85. The van der Waals surface area contributed by atoms with Crippen LogP contribution in [0.2, 0.25) is 0 Å². The molecule has 1 aliphatic heterocycles. The first-order chi connectivity index (χ1) is 11.3. The normalized spacial score (nSPS) is 15.2. The number of nitrogens with one attached hydrogen (secondary N) is 1. The molecule has 1 fully saturated rings. The first-order valence-corrected chi connectivity index (χ1v) is 7.62. The lowest BCUT2D eigenvalue weighted by atomic mass is 10.1. The highest BCUT2D eigenvalue weighted by Crippen LogP contribution is 2.27. The second-order valence-electron chi connectivity index (χ2n) is 5.57. The van der Waals surface area contributed by atoms with E-state index in [2.05, 4.69) is 34.2 Å². The second-order valence-corrected chi connectivity index (χ2v) is 5.57. The molecule has 0 amide bonds. The predicted molar refractivity (Wildman–Crippen MR) is 86.6 cm³/mol. The van der Waals surface area contributed by atoms with E-state index in [0.717, 1.165) is 22.5 Å². The molecule has 5 nitrogen and oxygen atoms in total. The van der Waals surface area contributed by atoms with E-state index in [4.69, 9.17) is 9.47 Å². The number of aryl methyl sites for hydroxylation is 1. The van der Waals surface area contributed by atoms with Crippen molar-refractivity contribution in [2.45, 2.75) is 13.2 Å². The van der Waals surface area contributed by atoms with Gasteiger partial charge < -0.3 is 9.47 Å². The third kappa shape index (κ3) is 2.88. The summed E-state index contributed by atoms with van der Waals surface area (Å²) in [6.07, 6.45) is -0.287. The van der Waals surface area contributed by atoms with E-state index < -0.39 is 0 Å². The number of H-pyrrole nitrogens is 1. The number of benzene rings is 2. The summed E-state index contributed by atoms with van der Waals surface area (Å²) in [6, 6.07) is 16.2. The number of aromatic amines is 1. The molecule has 5 heteroatoms. The van der Waals surface area contributed by atoms with E-state index >= 15 is 0 Å². The van der Waals surface area contributed by atoms with Gasteiger partial charge in [0.2, 0.25) is 0 Å². The van der Waals surface area contributed by atoms with Crippen molar-refractivity contribution in [3.05, 3.63) is 59.7 Å². The molecular formula is C18H17N3O2. The van der Waals surface area contributed by atoms with Crippen LogP contribution < -0.4 is 0 Å². The van der Waals surface area contributed by atoms with Gasteiger partial charge in [-0.1, -0.05) is 48.0 Å². The van der Waals surface area contributed by atoms with Crippen molar-refractivity contribution >= 4 is 0 Å². The van der Waals surface area contributed by atoms with Gasteiger partial charge in [0.1, 0.15) is 0 Å². The molecule has 116 valence electrons. The molecular weight excluding hydrogens is 290 g/mol. The van der Waals surface area contributed by atoms with Crippen LogP contribution in [-0.4, -0.2) is 28.4 Å². The Labute approximate surface area is 134 Å². The molecule has 0 saturated carbocycles. The molecule has 0 aliphatic carbocycles. The van der Waals surface area contributed by atoms with Gasteiger partial charge in [-0.2, -0.15) is 5.10 Å². The number of nitrogens with zero attached hydrogens (tertiary/aromatic N) is 2. The summed E-state index contributed by atoms with van der Waals surface area (Å²) in [5, 5.41) is 7.34. The van der Waals surface area contributed by atoms with E-state index in [9.17, 15) is 0 Å². The van der Waals surface area contributed by atoms with Gasteiger partial charge in [-0.05, 0) is 13.0 Å². The molecule has 0 spiro atoms. The Balaban J connectivity index is 1.63. The minimum absolute atomic E-state index is 0.287. The Morgan fingerprint density at radius 1 is 1.00 bits per heavy atom. The van der Waals surface area contributed by atoms with Crippen LogP contribution in [0.4, 0.5) is 0 Å². The predicted octanol–water partition coefficient (Wildman–Crippen LogP) is 3.49. The molecule has 1 aromatic heterocycles. The maximum atomic E-state index is 5.54. The average molecular weight is 307 g/mol. The summed E-state index contributed by atoms with van der Waals surface area (Å²) in [6.45, 7) is 3.33. The van der Waals surface area contributed by atoms with E-state index in [1.807, 2.05) is 36.4 Å². The van der Waals surface area contributed by atoms with E-state index in [1.54, 1.807) is 0 Å². The Hall–Kier alpha value is -2.50. The van der Waals surface area contributed by atoms with Crippen molar-refractivity contribution in [2.24, 2.45) is 0 Å². The van der Waals surface area contributed by atoms with Crippen molar-refractivity contribution < 1.29 is 9.47 Å². The number of rotatable bonds is 3. The van der Waals surface area contributed by atoms with Crippen LogP contribution >= 0.6 is 0 Å². The van der Waals surface area contributed by atoms with Gasteiger partial charge in [0.15, 0.2) is 17.9 Å². The zero-order valence-electron chi connectivity index (χ0n) is 12.8.